The van der Waals surface area contributed by atoms with Crippen molar-refractivity contribution in [3.63, 3.8) is 0 Å². The quantitative estimate of drug-likeness (QED) is 0.828. The molecule has 3 fully saturated rings. The molecule has 2 atom stereocenters. The molecule has 0 bridgehead atoms. The summed E-state index contributed by atoms with van der Waals surface area (Å²) in [5.41, 5.74) is -0.799. The summed E-state index contributed by atoms with van der Waals surface area (Å²) < 4.78 is 38.6. The fourth-order valence-electron chi connectivity index (χ4n) is 3.76. The molecule has 1 aliphatic carbocycles. The van der Waals surface area contributed by atoms with Gasteiger partial charge in [0.05, 0.1) is 11.6 Å². The van der Waals surface area contributed by atoms with Crippen LogP contribution in [0.15, 0.2) is 0 Å². The van der Waals surface area contributed by atoms with Crippen molar-refractivity contribution in [3.8, 4) is 0 Å². The number of nitrogens with one attached hydrogen (secondary N) is 1. The van der Waals surface area contributed by atoms with Crippen LogP contribution < -0.4 is 5.32 Å². The van der Waals surface area contributed by atoms with Crippen molar-refractivity contribution in [2.24, 2.45) is 0 Å². The molecule has 1 N–H and O–H groups in total. The molecular formula is C15H22F3N3O2. The predicted octanol–water partition coefficient (Wildman–Crippen LogP) is 1.28. The summed E-state index contributed by atoms with van der Waals surface area (Å²) >= 11 is 0. The van der Waals surface area contributed by atoms with Crippen LogP contribution in [-0.4, -0.2) is 65.0 Å². The zero-order valence-corrected chi connectivity index (χ0v) is 13.2. The SMILES string of the molecule is CC[C@H]1CN(C(=O)C(F)(F)F)C2(CC2)CN1C(=O)[C@@H]1CCCN1. The standard InChI is InChI=1S/C15H22F3N3O2/c1-2-10-8-21(13(23)15(16,17)18)14(5-6-14)9-20(10)12(22)11-4-3-7-19-11/h10-11,19H,2-9H2,1H3/t10-,11-/m0/s1. The van der Waals surface area contributed by atoms with Gasteiger partial charge in [-0.1, -0.05) is 6.92 Å². The summed E-state index contributed by atoms with van der Waals surface area (Å²) in [5.74, 6) is -1.79. The summed E-state index contributed by atoms with van der Waals surface area (Å²) in [5, 5.41) is 3.15. The van der Waals surface area contributed by atoms with E-state index >= 15 is 0 Å². The van der Waals surface area contributed by atoms with Crippen LogP contribution in [0.2, 0.25) is 0 Å². The second-order valence-electron chi connectivity index (χ2n) is 6.82. The lowest BCUT2D eigenvalue weighted by atomic mass is 10.0. The van der Waals surface area contributed by atoms with Gasteiger partial charge in [-0.15, -0.1) is 0 Å². The van der Waals surface area contributed by atoms with Crippen LogP contribution in [0.25, 0.3) is 0 Å². The molecule has 1 spiro atoms. The van der Waals surface area contributed by atoms with E-state index in [0.29, 0.717) is 19.3 Å². The molecule has 2 aliphatic heterocycles. The van der Waals surface area contributed by atoms with E-state index in [-0.39, 0.29) is 31.1 Å². The Balaban J connectivity index is 1.79. The zero-order valence-electron chi connectivity index (χ0n) is 13.2. The molecule has 5 nitrogen and oxygen atoms in total. The van der Waals surface area contributed by atoms with Gasteiger partial charge in [0.15, 0.2) is 0 Å². The molecule has 1 saturated carbocycles. The topological polar surface area (TPSA) is 52.7 Å². The Hall–Kier alpha value is -1.31. The Morgan fingerprint density at radius 2 is 2.00 bits per heavy atom. The van der Waals surface area contributed by atoms with Gasteiger partial charge in [0, 0.05) is 19.1 Å². The lowest BCUT2D eigenvalue weighted by Crippen LogP contribution is -2.65. The van der Waals surface area contributed by atoms with Crippen molar-refractivity contribution in [1.82, 2.24) is 15.1 Å². The average Bonchev–Trinajstić information content (AvgIpc) is 3.05. The van der Waals surface area contributed by atoms with Crippen molar-refractivity contribution in [3.05, 3.63) is 0 Å². The number of hydrogen-bond donors (Lipinski definition) is 1. The molecule has 8 heteroatoms. The van der Waals surface area contributed by atoms with E-state index in [4.69, 9.17) is 0 Å². The van der Waals surface area contributed by atoms with Crippen molar-refractivity contribution >= 4 is 11.8 Å². The van der Waals surface area contributed by atoms with Crippen molar-refractivity contribution in [2.75, 3.05) is 19.6 Å². The fraction of sp³-hybridized carbons (Fsp3) is 0.867. The van der Waals surface area contributed by atoms with Gasteiger partial charge in [-0.05, 0) is 38.6 Å². The first-order valence-corrected chi connectivity index (χ1v) is 8.21. The molecular weight excluding hydrogens is 311 g/mol. The third-order valence-corrected chi connectivity index (χ3v) is 5.30. The highest BCUT2D eigenvalue weighted by atomic mass is 19.4. The first kappa shape index (κ1) is 16.5. The molecule has 0 unspecified atom stereocenters. The second kappa shape index (κ2) is 5.65. The second-order valence-corrected chi connectivity index (χ2v) is 6.82. The molecule has 2 saturated heterocycles. The van der Waals surface area contributed by atoms with Gasteiger partial charge < -0.3 is 15.1 Å². The normalized spacial score (nSPS) is 29.9. The van der Waals surface area contributed by atoms with Crippen LogP contribution in [0.3, 0.4) is 0 Å². The van der Waals surface area contributed by atoms with E-state index < -0.39 is 17.6 Å². The highest BCUT2D eigenvalue weighted by Gasteiger charge is 2.60. The largest absolute Gasteiger partial charge is 0.471 e. The van der Waals surface area contributed by atoms with Crippen LogP contribution in [0.5, 0.6) is 0 Å². The Bertz CT molecular complexity index is 499. The Kier molecular flexibility index (Phi) is 4.06. The number of carbonyl (C=O) groups excluding carboxylic acids is 2. The van der Waals surface area contributed by atoms with Crippen LogP contribution in [-0.2, 0) is 9.59 Å². The maximum atomic E-state index is 12.9. The summed E-state index contributed by atoms with van der Waals surface area (Å²) in [6.07, 6.45) is -1.54. The molecule has 0 aromatic rings. The van der Waals surface area contributed by atoms with Gasteiger partial charge >= 0.3 is 12.1 Å². The molecule has 3 rings (SSSR count). The monoisotopic (exact) mass is 333 g/mol. The Morgan fingerprint density at radius 1 is 1.30 bits per heavy atom. The lowest BCUT2D eigenvalue weighted by Gasteiger charge is -2.47. The van der Waals surface area contributed by atoms with Gasteiger partial charge in [-0.3, -0.25) is 9.59 Å². The van der Waals surface area contributed by atoms with E-state index in [9.17, 15) is 22.8 Å². The minimum Gasteiger partial charge on any atom is -0.334 e. The highest BCUT2D eigenvalue weighted by molar-refractivity contribution is 5.85. The predicted molar refractivity (Wildman–Crippen MR) is 76.5 cm³/mol. The number of carbonyl (C=O) groups is 2. The first-order chi connectivity index (χ1) is 10.8. The van der Waals surface area contributed by atoms with Gasteiger partial charge in [0.1, 0.15) is 0 Å². The van der Waals surface area contributed by atoms with Crippen LogP contribution in [0.1, 0.15) is 39.0 Å². The van der Waals surface area contributed by atoms with Crippen molar-refractivity contribution in [2.45, 2.75) is 62.8 Å². The van der Waals surface area contributed by atoms with Crippen LogP contribution in [0.4, 0.5) is 13.2 Å². The minimum absolute atomic E-state index is 0.0205. The third kappa shape index (κ3) is 2.93. The molecule has 0 radical (unpaired) electrons. The lowest BCUT2D eigenvalue weighted by molar-refractivity contribution is -0.193. The van der Waals surface area contributed by atoms with Gasteiger partial charge in [0.2, 0.25) is 5.91 Å². The Labute approximate surface area is 133 Å². The number of halogens is 3. The van der Waals surface area contributed by atoms with E-state index in [0.717, 1.165) is 24.3 Å². The van der Waals surface area contributed by atoms with Crippen molar-refractivity contribution < 1.29 is 22.8 Å². The maximum absolute atomic E-state index is 12.9. The molecule has 2 amide bonds. The molecule has 0 aromatic carbocycles. The molecule has 0 aromatic heterocycles. The summed E-state index contributed by atoms with van der Waals surface area (Å²) in [4.78, 5) is 27.1. The molecule has 23 heavy (non-hydrogen) atoms. The van der Waals surface area contributed by atoms with Gasteiger partial charge in [0.25, 0.3) is 0 Å². The van der Waals surface area contributed by atoms with Gasteiger partial charge in [-0.25, -0.2) is 0 Å². The fourth-order valence-corrected chi connectivity index (χ4v) is 3.76. The number of alkyl halides is 3. The van der Waals surface area contributed by atoms with E-state index in [1.165, 1.54) is 0 Å². The first-order valence-electron chi connectivity index (χ1n) is 8.21. The van der Waals surface area contributed by atoms with E-state index in [1.807, 2.05) is 6.92 Å². The number of amides is 2. The summed E-state index contributed by atoms with van der Waals surface area (Å²) in [7, 11) is 0. The van der Waals surface area contributed by atoms with Crippen LogP contribution >= 0.6 is 0 Å². The summed E-state index contributed by atoms with van der Waals surface area (Å²) in [6, 6.07) is -0.577. The van der Waals surface area contributed by atoms with Crippen LogP contribution in [0, 0.1) is 0 Å². The van der Waals surface area contributed by atoms with Crippen molar-refractivity contribution in [1.29, 1.82) is 0 Å². The van der Waals surface area contributed by atoms with E-state index in [1.54, 1.807) is 4.90 Å². The third-order valence-electron chi connectivity index (χ3n) is 5.30. The molecule has 130 valence electrons. The summed E-state index contributed by atoms with van der Waals surface area (Å²) in [6.45, 7) is 2.84. The Morgan fingerprint density at radius 3 is 2.48 bits per heavy atom. The minimum atomic E-state index is -4.85. The number of piperazine rings is 1. The maximum Gasteiger partial charge on any atom is 0.471 e. The molecule has 3 aliphatic rings. The number of nitrogens with zero attached hydrogens (tertiary/aromatic N) is 2. The highest BCUT2D eigenvalue weighted by Crippen LogP contribution is 2.47. The average molecular weight is 333 g/mol. The molecule has 2 heterocycles. The van der Waals surface area contributed by atoms with Gasteiger partial charge in [-0.2, -0.15) is 13.2 Å². The number of rotatable bonds is 2. The smallest absolute Gasteiger partial charge is 0.334 e. The zero-order chi connectivity index (χ0) is 16.8. The number of hydrogen-bond acceptors (Lipinski definition) is 3. The van der Waals surface area contributed by atoms with E-state index in [2.05, 4.69) is 5.32 Å².